The van der Waals surface area contributed by atoms with E-state index in [1.807, 2.05) is 23.6 Å². The van der Waals surface area contributed by atoms with Crippen LogP contribution in [0.4, 0.5) is 0 Å². The van der Waals surface area contributed by atoms with Crippen LogP contribution in [-0.4, -0.2) is 39.8 Å². The fourth-order valence-corrected chi connectivity index (χ4v) is 4.58. The number of likely N-dealkylation sites (tertiary alicyclic amines) is 1. The normalized spacial score (nSPS) is 16.2. The number of thiazole rings is 1. The third kappa shape index (κ3) is 3.70. The predicted molar refractivity (Wildman–Crippen MR) is 87.4 cm³/mol. The summed E-state index contributed by atoms with van der Waals surface area (Å²) >= 11 is 3.55. The molecule has 0 saturated carbocycles. The van der Waals surface area contributed by atoms with Crippen molar-refractivity contribution in [2.75, 3.05) is 18.8 Å². The van der Waals surface area contributed by atoms with Gasteiger partial charge in [-0.1, -0.05) is 16.9 Å². The Bertz CT molecular complexity index is 645. The van der Waals surface area contributed by atoms with E-state index < -0.39 is 0 Å². The smallest absolute Gasteiger partial charge is 0.276 e. The number of carbonyl (C=O) groups excluding carboxylic acids is 1. The van der Waals surface area contributed by atoms with E-state index in [9.17, 15) is 4.79 Å². The first-order valence-electron chi connectivity index (χ1n) is 7.39. The van der Waals surface area contributed by atoms with Gasteiger partial charge in [0.25, 0.3) is 5.91 Å². The van der Waals surface area contributed by atoms with Crippen molar-refractivity contribution in [3.63, 3.8) is 0 Å². The number of hydrogen-bond acceptors (Lipinski definition) is 6. The monoisotopic (exact) mass is 337 g/mol. The highest BCUT2D eigenvalue weighted by Gasteiger charge is 2.25. The third-order valence-corrected chi connectivity index (χ3v) is 6.16. The summed E-state index contributed by atoms with van der Waals surface area (Å²) in [6.45, 7) is 5.42. The Hall–Kier alpha value is -1.34. The highest BCUT2D eigenvalue weighted by molar-refractivity contribution is 8.01. The minimum Gasteiger partial charge on any atom is -0.361 e. The number of aromatic nitrogens is 2. The Labute approximate surface area is 138 Å². The number of piperidine rings is 1. The van der Waals surface area contributed by atoms with Crippen molar-refractivity contribution in [1.82, 2.24) is 15.0 Å². The molecule has 7 heteroatoms. The lowest BCUT2D eigenvalue weighted by Gasteiger charge is -2.31. The Kier molecular flexibility index (Phi) is 4.83. The molecular weight excluding hydrogens is 318 g/mol. The van der Waals surface area contributed by atoms with Gasteiger partial charge in [0.15, 0.2) is 5.69 Å². The number of hydrogen-bond donors (Lipinski definition) is 0. The molecule has 0 spiro atoms. The Balaban J connectivity index is 1.47. The minimum atomic E-state index is -0.0153. The summed E-state index contributed by atoms with van der Waals surface area (Å²) in [6.07, 6.45) is 2.08. The molecule has 3 heterocycles. The van der Waals surface area contributed by atoms with Crippen LogP contribution in [-0.2, 0) is 0 Å². The van der Waals surface area contributed by atoms with Crippen LogP contribution in [0.1, 0.15) is 34.8 Å². The van der Waals surface area contributed by atoms with Gasteiger partial charge < -0.3 is 9.42 Å². The molecule has 0 bridgehead atoms. The molecule has 1 amide bonds. The average Bonchev–Trinajstić information content (AvgIpc) is 3.13. The maximum atomic E-state index is 12.3. The zero-order valence-electron chi connectivity index (χ0n) is 12.7. The first-order chi connectivity index (χ1) is 10.6. The first kappa shape index (κ1) is 15.6. The summed E-state index contributed by atoms with van der Waals surface area (Å²) in [5.74, 6) is 2.39. The molecule has 1 saturated heterocycles. The molecular formula is C15H19N3O2S2. The predicted octanol–water partition coefficient (Wildman–Crippen LogP) is 3.39. The molecule has 1 aliphatic rings. The molecule has 2 aromatic rings. The molecule has 22 heavy (non-hydrogen) atoms. The average molecular weight is 337 g/mol. The van der Waals surface area contributed by atoms with Crippen molar-refractivity contribution in [3.8, 4) is 0 Å². The highest BCUT2D eigenvalue weighted by Crippen LogP contribution is 2.28. The minimum absolute atomic E-state index is 0.0153. The number of nitrogens with zero attached hydrogens (tertiary/aromatic N) is 3. The number of amides is 1. The van der Waals surface area contributed by atoms with Gasteiger partial charge in [0.2, 0.25) is 0 Å². The zero-order chi connectivity index (χ0) is 15.5. The van der Waals surface area contributed by atoms with Crippen LogP contribution in [0.25, 0.3) is 0 Å². The lowest BCUT2D eigenvalue weighted by atomic mass is 9.99. The van der Waals surface area contributed by atoms with Gasteiger partial charge in [-0.05, 0) is 32.6 Å². The van der Waals surface area contributed by atoms with Crippen molar-refractivity contribution < 1.29 is 9.32 Å². The Morgan fingerprint density at radius 2 is 2.23 bits per heavy atom. The summed E-state index contributed by atoms with van der Waals surface area (Å²) in [6, 6.07) is 1.70. The Morgan fingerprint density at radius 3 is 2.82 bits per heavy atom. The summed E-state index contributed by atoms with van der Waals surface area (Å²) in [7, 11) is 0. The molecule has 118 valence electrons. The topological polar surface area (TPSA) is 59.2 Å². The first-order valence-corrected chi connectivity index (χ1v) is 9.26. The van der Waals surface area contributed by atoms with E-state index in [0.29, 0.717) is 17.4 Å². The van der Waals surface area contributed by atoms with Crippen molar-refractivity contribution in [2.24, 2.45) is 5.92 Å². The lowest BCUT2D eigenvalue weighted by molar-refractivity contribution is 0.0688. The van der Waals surface area contributed by atoms with Crippen LogP contribution in [0.2, 0.25) is 0 Å². The van der Waals surface area contributed by atoms with Crippen LogP contribution in [0.5, 0.6) is 0 Å². The molecule has 2 aromatic heterocycles. The molecule has 0 radical (unpaired) electrons. The van der Waals surface area contributed by atoms with Crippen LogP contribution in [0.15, 0.2) is 20.3 Å². The highest BCUT2D eigenvalue weighted by atomic mass is 32.2. The van der Waals surface area contributed by atoms with E-state index >= 15 is 0 Å². The van der Waals surface area contributed by atoms with Crippen LogP contribution < -0.4 is 0 Å². The van der Waals surface area contributed by atoms with Crippen molar-refractivity contribution in [1.29, 1.82) is 0 Å². The molecule has 0 aromatic carbocycles. The maximum Gasteiger partial charge on any atom is 0.276 e. The summed E-state index contributed by atoms with van der Waals surface area (Å²) in [5, 5.41) is 5.90. The van der Waals surface area contributed by atoms with E-state index in [0.717, 1.165) is 41.7 Å². The van der Waals surface area contributed by atoms with Crippen molar-refractivity contribution >= 4 is 29.0 Å². The van der Waals surface area contributed by atoms with Crippen molar-refractivity contribution in [3.05, 3.63) is 28.6 Å². The summed E-state index contributed by atoms with van der Waals surface area (Å²) in [5.41, 5.74) is 1.51. The molecule has 5 nitrogen and oxygen atoms in total. The molecule has 1 aliphatic heterocycles. The molecule has 0 N–H and O–H groups in total. The fraction of sp³-hybridized carbons (Fsp3) is 0.533. The second-order valence-electron chi connectivity index (χ2n) is 5.62. The largest absolute Gasteiger partial charge is 0.361 e. The summed E-state index contributed by atoms with van der Waals surface area (Å²) < 4.78 is 6.13. The van der Waals surface area contributed by atoms with Crippen molar-refractivity contribution in [2.45, 2.75) is 31.0 Å². The van der Waals surface area contributed by atoms with Gasteiger partial charge in [-0.2, -0.15) is 0 Å². The number of rotatable bonds is 4. The Morgan fingerprint density at radius 1 is 1.45 bits per heavy atom. The molecule has 3 rings (SSSR count). The van der Waals surface area contributed by atoms with E-state index in [1.54, 1.807) is 24.3 Å². The number of aryl methyl sites for hydroxylation is 2. The van der Waals surface area contributed by atoms with Crippen LogP contribution in [0.3, 0.4) is 0 Å². The number of carbonyl (C=O) groups is 1. The van der Waals surface area contributed by atoms with Gasteiger partial charge in [-0.15, -0.1) is 11.3 Å². The van der Waals surface area contributed by atoms with Gasteiger partial charge in [0.05, 0.1) is 0 Å². The van der Waals surface area contributed by atoms with Gasteiger partial charge in [-0.3, -0.25) is 4.79 Å². The maximum absolute atomic E-state index is 12.3. The van der Waals surface area contributed by atoms with Crippen LogP contribution in [0, 0.1) is 19.8 Å². The van der Waals surface area contributed by atoms with E-state index in [4.69, 9.17) is 4.52 Å². The van der Waals surface area contributed by atoms with Gasteiger partial charge >= 0.3 is 0 Å². The fourth-order valence-electron chi connectivity index (χ4n) is 2.52. The van der Waals surface area contributed by atoms with E-state index in [1.165, 1.54) is 0 Å². The standard InChI is InChI=1S/C15H19N3O2S2/c1-10-8-21-15(16-10)22-9-12-3-5-18(6-4-12)14(19)13-7-11(2)20-17-13/h7-8,12H,3-6,9H2,1-2H3. The van der Waals surface area contributed by atoms with Gasteiger partial charge in [-0.25, -0.2) is 4.98 Å². The van der Waals surface area contributed by atoms with Crippen LogP contribution >= 0.6 is 23.1 Å². The third-order valence-electron chi connectivity index (χ3n) is 3.79. The molecule has 0 aliphatic carbocycles. The molecule has 1 fully saturated rings. The number of thioether (sulfide) groups is 1. The zero-order valence-corrected chi connectivity index (χ0v) is 14.4. The van der Waals surface area contributed by atoms with Gasteiger partial charge in [0, 0.05) is 36.0 Å². The molecule has 0 atom stereocenters. The SMILES string of the molecule is Cc1csc(SCC2CCN(C(=O)c3cc(C)on3)CC2)n1. The quantitative estimate of drug-likeness (QED) is 0.800. The van der Waals surface area contributed by atoms with E-state index in [-0.39, 0.29) is 5.91 Å². The molecule has 0 unspecified atom stereocenters. The van der Waals surface area contributed by atoms with E-state index in [2.05, 4.69) is 15.5 Å². The lowest BCUT2D eigenvalue weighted by Crippen LogP contribution is -2.39. The second-order valence-corrected chi connectivity index (χ2v) is 7.75. The second kappa shape index (κ2) is 6.83. The summed E-state index contributed by atoms with van der Waals surface area (Å²) in [4.78, 5) is 18.7. The van der Waals surface area contributed by atoms with Gasteiger partial charge in [0.1, 0.15) is 10.1 Å².